The van der Waals surface area contributed by atoms with Gasteiger partial charge in [0.15, 0.2) is 25.2 Å². The van der Waals surface area contributed by atoms with Crippen molar-refractivity contribution in [3.05, 3.63) is 35.9 Å². The van der Waals surface area contributed by atoms with Crippen molar-refractivity contribution in [2.45, 2.75) is 210 Å². The molecule has 0 bridgehead atoms. The van der Waals surface area contributed by atoms with Crippen LogP contribution in [-0.2, 0) is 37.9 Å². The van der Waals surface area contributed by atoms with E-state index in [0.717, 1.165) is 44.1 Å². The van der Waals surface area contributed by atoms with Crippen LogP contribution in [0.1, 0.15) is 124 Å². The molecule has 4 saturated carbocycles. The first-order chi connectivity index (χ1) is 29.7. The van der Waals surface area contributed by atoms with Crippen molar-refractivity contribution >= 4 is 0 Å². The van der Waals surface area contributed by atoms with Crippen molar-refractivity contribution in [1.82, 2.24) is 0 Å². The van der Waals surface area contributed by atoms with Gasteiger partial charge in [0.2, 0.25) is 0 Å². The number of ether oxygens (including phenoxy) is 8. The minimum Gasteiger partial charge on any atom is -0.396 e. The van der Waals surface area contributed by atoms with E-state index >= 15 is 0 Å². The van der Waals surface area contributed by atoms with E-state index in [-0.39, 0.29) is 79.6 Å². The molecule has 8 fully saturated rings. The van der Waals surface area contributed by atoms with Gasteiger partial charge in [-0.2, -0.15) is 0 Å². The van der Waals surface area contributed by atoms with Gasteiger partial charge in [0.05, 0.1) is 54.4 Å². The molecule has 0 radical (unpaired) electrons. The van der Waals surface area contributed by atoms with Gasteiger partial charge in [0, 0.05) is 43.5 Å². The number of hydrogen-bond acceptors (Lipinski definition) is 14. The van der Waals surface area contributed by atoms with Gasteiger partial charge in [-0.15, -0.1) is 0 Å². The van der Waals surface area contributed by atoms with Crippen molar-refractivity contribution in [3.63, 3.8) is 0 Å². The van der Waals surface area contributed by atoms with Crippen molar-refractivity contribution in [1.29, 1.82) is 0 Å². The van der Waals surface area contributed by atoms with E-state index in [0.29, 0.717) is 31.6 Å². The third-order valence-corrected chi connectivity index (χ3v) is 17.8. The van der Waals surface area contributed by atoms with Gasteiger partial charge in [-0.1, -0.05) is 44.2 Å². The summed E-state index contributed by atoms with van der Waals surface area (Å²) in [6, 6.07) is 9.83. The van der Waals surface area contributed by atoms with Gasteiger partial charge in [0.1, 0.15) is 18.3 Å². The average Bonchev–Trinajstić information content (AvgIpc) is 3.80. The van der Waals surface area contributed by atoms with Crippen molar-refractivity contribution in [2.75, 3.05) is 13.2 Å². The fourth-order valence-electron chi connectivity index (χ4n) is 14.4. The van der Waals surface area contributed by atoms with E-state index in [1.807, 2.05) is 58.0 Å². The minimum atomic E-state index is -1.01. The molecule has 4 aliphatic carbocycles. The molecule has 14 heteroatoms. The Bertz CT molecular complexity index is 1630. The fourth-order valence-corrected chi connectivity index (χ4v) is 14.4. The summed E-state index contributed by atoms with van der Waals surface area (Å²) in [6.07, 6.45) is -0.214. The second kappa shape index (κ2) is 18.0. The Morgan fingerprint density at radius 2 is 1.34 bits per heavy atom. The summed E-state index contributed by atoms with van der Waals surface area (Å²) in [5.74, 6) is 0.436. The summed E-state index contributed by atoms with van der Waals surface area (Å²) in [5.41, 5.74) is -0.838. The SMILES string of the molecule is CC1O[C@@H](O[C@H]2CC[C@@]3(C)[C@H](CC[C@@H]4[C@@H]3C[C@@H](O)[C@]3(C)[C@@H](C(CO)CCO)CC[C@]43O)C2)C[C@@H](O)C1O[C@@H]1C[C@@H](O)C(O[C@H]2C[C@H]3OC(c4ccccc4)OC3C(C)O2)C(C)O1. The lowest BCUT2D eigenvalue weighted by Gasteiger charge is -2.65. The molecule has 62 heavy (non-hydrogen) atoms. The van der Waals surface area contributed by atoms with Crippen LogP contribution in [0.15, 0.2) is 30.3 Å². The zero-order valence-corrected chi connectivity index (χ0v) is 37.3. The molecule has 1 aromatic rings. The lowest BCUT2D eigenvalue weighted by atomic mass is 9.42. The van der Waals surface area contributed by atoms with E-state index in [4.69, 9.17) is 37.9 Å². The van der Waals surface area contributed by atoms with E-state index in [2.05, 4.69) is 6.92 Å². The van der Waals surface area contributed by atoms with Crippen LogP contribution in [0, 0.1) is 40.4 Å². The fraction of sp³-hybridized carbons (Fsp3) is 0.875. The number of aliphatic hydroxyl groups excluding tert-OH is 5. The molecule has 6 N–H and O–H groups in total. The van der Waals surface area contributed by atoms with E-state index < -0.39 is 78.9 Å². The van der Waals surface area contributed by atoms with Crippen molar-refractivity contribution in [3.8, 4) is 0 Å². The smallest absolute Gasteiger partial charge is 0.184 e. The van der Waals surface area contributed by atoms with Crippen LogP contribution in [0.3, 0.4) is 0 Å². The first kappa shape index (κ1) is 45.8. The Morgan fingerprint density at radius 1 is 0.694 bits per heavy atom. The standard InChI is InChI=1S/C48H74O14/c1-25-42(60-40-22-36(52)43(26(2)56-40)61-41-23-37-44(27(3)57-41)62-45(59-37)28-9-7-6-8-10-28)35(51)21-39(55-25)58-31-13-16-46(4)30(19-31)11-12-33-34(46)20-38(53)47(5)32(14-17-48(33,47)54)29(24-50)15-18-49/h6-10,25-27,29-45,49-54H,11-24H2,1-5H3/t25?,26?,27?,29?,30-,31+,32-,33-,34+,35-,36-,37-,38-,39+,40-,41+,42?,43?,44?,45?,46+,47+,48+/m1/s1. The zero-order chi connectivity index (χ0) is 43.7. The van der Waals surface area contributed by atoms with Crippen molar-refractivity contribution in [2.24, 2.45) is 40.4 Å². The predicted octanol–water partition coefficient (Wildman–Crippen LogP) is 4.49. The molecular weight excluding hydrogens is 801 g/mol. The third kappa shape index (κ3) is 8.05. The van der Waals surface area contributed by atoms with Crippen LogP contribution < -0.4 is 0 Å². The van der Waals surface area contributed by atoms with Gasteiger partial charge < -0.3 is 68.5 Å². The molecule has 350 valence electrons. The lowest BCUT2D eigenvalue weighted by molar-refractivity contribution is -0.334. The van der Waals surface area contributed by atoms with Gasteiger partial charge >= 0.3 is 0 Å². The molecule has 9 rings (SSSR count). The highest BCUT2D eigenvalue weighted by Crippen LogP contribution is 2.70. The number of fused-ring (bicyclic) bond motifs is 6. The van der Waals surface area contributed by atoms with E-state index in [9.17, 15) is 30.6 Å². The number of benzene rings is 1. The molecular formula is C48H74O14. The normalized spacial score (nSPS) is 52.1. The largest absolute Gasteiger partial charge is 0.396 e. The molecule has 8 aliphatic rings. The van der Waals surface area contributed by atoms with Crippen molar-refractivity contribution < 1.29 is 68.5 Å². The summed E-state index contributed by atoms with van der Waals surface area (Å²) in [4.78, 5) is 0. The van der Waals surface area contributed by atoms with E-state index in [1.54, 1.807) is 0 Å². The maximum Gasteiger partial charge on any atom is 0.184 e. The molecule has 4 aliphatic heterocycles. The Balaban J connectivity index is 0.751. The van der Waals surface area contributed by atoms with Crippen LogP contribution >= 0.6 is 0 Å². The van der Waals surface area contributed by atoms with E-state index in [1.165, 1.54) is 0 Å². The summed E-state index contributed by atoms with van der Waals surface area (Å²) in [6.45, 7) is 10.0. The maximum atomic E-state index is 12.6. The van der Waals surface area contributed by atoms with Gasteiger partial charge in [0.25, 0.3) is 0 Å². The summed E-state index contributed by atoms with van der Waals surface area (Å²) in [7, 11) is 0. The van der Waals surface area contributed by atoms with Gasteiger partial charge in [-0.05, 0) is 114 Å². The topological polar surface area (TPSA) is 195 Å². The van der Waals surface area contributed by atoms with Crippen LogP contribution in [0.4, 0.5) is 0 Å². The molecule has 14 nitrogen and oxygen atoms in total. The predicted molar refractivity (Wildman–Crippen MR) is 223 cm³/mol. The summed E-state index contributed by atoms with van der Waals surface area (Å²) < 4.78 is 50.6. The summed E-state index contributed by atoms with van der Waals surface area (Å²) >= 11 is 0. The van der Waals surface area contributed by atoms with Crippen LogP contribution in [-0.4, -0.2) is 135 Å². The number of aliphatic hydroxyl groups is 6. The highest BCUT2D eigenvalue weighted by molar-refractivity contribution is 5.20. The second-order valence-corrected chi connectivity index (χ2v) is 21.0. The molecule has 4 heterocycles. The Labute approximate surface area is 366 Å². The van der Waals surface area contributed by atoms with Crippen LogP contribution in [0.25, 0.3) is 0 Å². The quantitative estimate of drug-likeness (QED) is 0.170. The molecule has 0 amide bonds. The molecule has 0 aromatic heterocycles. The van der Waals surface area contributed by atoms with Gasteiger partial charge in [-0.25, -0.2) is 0 Å². The molecule has 4 saturated heterocycles. The Morgan fingerprint density at radius 3 is 1.98 bits per heavy atom. The van der Waals surface area contributed by atoms with Gasteiger partial charge in [-0.3, -0.25) is 0 Å². The summed E-state index contributed by atoms with van der Waals surface area (Å²) in [5, 5.41) is 67.3. The molecule has 23 atom stereocenters. The molecule has 1 aromatic carbocycles. The first-order valence-corrected chi connectivity index (χ1v) is 23.9. The number of rotatable bonds is 11. The highest BCUT2D eigenvalue weighted by atomic mass is 16.8. The van der Waals surface area contributed by atoms with Crippen LogP contribution in [0.5, 0.6) is 0 Å². The zero-order valence-electron chi connectivity index (χ0n) is 37.3. The first-order valence-electron chi connectivity index (χ1n) is 23.9. The third-order valence-electron chi connectivity index (χ3n) is 17.8. The van der Waals surface area contributed by atoms with Crippen LogP contribution in [0.2, 0.25) is 0 Å². The number of hydrogen-bond donors (Lipinski definition) is 6. The average molecular weight is 875 g/mol. The maximum absolute atomic E-state index is 12.6. The lowest BCUT2D eigenvalue weighted by Crippen LogP contribution is -2.67. The molecule has 0 spiro atoms. The second-order valence-electron chi connectivity index (χ2n) is 21.0. The highest BCUT2D eigenvalue weighted by Gasteiger charge is 2.71. The Hall–Kier alpha value is -1.34. The molecule has 8 unspecified atom stereocenters. The Kier molecular flexibility index (Phi) is 13.3. The minimum absolute atomic E-state index is 0.0149. The monoisotopic (exact) mass is 875 g/mol.